The molecule has 1 aliphatic carbocycles. The third-order valence-corrected chi connectivity index (χ3v) is 5.12. The summed E-state index contributed by atoms with van der Waals surface area (Å²) in [6, 6.07) is 17.4. The molecule has 2 aromatic carbocycles. The molecule has 1 heterocycles. The summed E-state index contributed by atoms with van der Waals surface area (Å²) in [4.78, 5) is 14.9. The highest BCUT2D eigenvalue weighted by atomic mass is 16.5. The van der Waals surface area contributed by atoms with Gasteiger partial charge in [0.05, 0.1) is 12.8 Å². The lowest BCUT2D eigenvalue weighted by molar-refractivity contribution is -0.139. The Morgan fingerprint density at radius 3 is 2.60 bits per heavy atom. The molecule has 4 rings (SSSR count). The van der Waals surface area contributed by atoms with Crippen LogP contribution in [0.15, 0.2) is 65.9 Å². The molecule has 1 atom stereocenters. The van der Waals surface area contributed by atoms with Gasteiger partial charge in [-0.2, -0.15) is 0 Å². The summed E-state index contributed by atoms with van der Waals surface area (Å²) >= 11 is 0. The van der Waals surface area contributed by atoms with Crippen LogP contribution in [-0.4, -0.2) is 29.4 Å². The number of Topliss-reactive ketones (excluding diaryl/α,β-unsaturated/α-hetero) is 1. The number of carbonyl (C=O) groups is 1. The zero-order valence-electron chi connectivity index (χ0n) is 14.2. The van der Waals surface area contributed by atoms with E-state index in [9.17, 15) is 9.90 Å². The number of benzene rings is 2. The van der Waals surface area contributed by atoms with Gasteiger partial charge in [0.15, 0.2) is 5.60 Å². The van der Waals surface area contributed by atoms with Crippen LogP contribution in [0.4, 0.5) is 0 Å². The fourth-order valence-electron chi connectivity index (χ4n) is 3.95. The molecule has 0 aromatic heterocycles. The first-order chi connectivity index (χ1) is 12.2. The Kier molecular flexibility index (Phi) is 3.85. The number of ketones is 1. The van der Waals surface area contributed by atoms with Crippen LogP contribution in [0.5, 0.6) is 5.75 Å². The molecule has 1 unspecified atom stereocenters. The van der Waals surface area contributed by atoms with E-state index in [4.69, 9.17) is 4.74 Å². The molecule has 0 amide bonds. The van der Waals surface area contributed by atoms with Gasteiger partial charge in [-0.1, -0.05) is 48.5 Å². The van der Waals surface area contributed by atoms with Crippen molar-refractivity contribution in [3.05, 3.63) is 77.0 Å². The van der Waals surface area contributed by atoms with Crippen molar-refractivity contribution in [3.63, 3.8) is 0 Å². The lowest BCUT2D eigenvalue weighted by Crippen LogP contribution is -2.56. The minimum absolute atomic E-state index is 0.190. The molecule has 1 aliphatic heterocycles. The first-order valence-corrected chi connectivity index (χ1v) is 8.59. The number of hydrogen-bond acceptors (Lipinski definition) is 4. The number of aliphatic hydroxyl groups is 1. The third-order valence-electron chi connectivity index (χ3n) is 5.12. The van der Waals surface area contributed by atoms with Crippen molar-refractivity contribution >= 4 is 5.78 Å². The summed E-state index contributed by atoms with van der Waals surface area (Å²) in [5, 5.41) is 11.4. The molecule has 2 aliphatic rings. The van der Waals surface area contributed by atoms with Gasteiger partial charge in [-0.15, -0.1) is 0 Å². The quantitative estimate of drug-likeness (QED) is 0.933. The van der Waals surface area contributed by atoms with Gasteiger partial charge >= 0.3 is 0 Å². The second-order valence-electron chi connectivity index (χ2n) is 6.58. The lowest BCUT2D eigenvalue weighted by atomic mass is 9.68. The fraction of sp³-hybridized carbons (Fsp3) is 0.286. The van der Waals surface area contributed by atoms with Gasteiger partial charge in [0.1, 0.15) is 5.75 Å². The molecular formula is C21H21NO3. The smallest absolute Gasteiger partial charge is 0.203 e. The van der Waals surface area contributed by atoms with Crippen LogP contribution in [-0.2, 0) is 16.9 Å². The first kappa shape index (κ1) is 15.9. The SMILES string of the molecule is COc1ccccc1C1(O)C(=O)C2=C1N(Cc1ccccc1)CCC2. The number of ether oxygens (including phenoxy) is 1. The molecule has 0 radical (unpaired) electrons. The van der Waals surface area contributed by atoms with E-state index in [0.717, 1.165) is 36.2 Å². The molecule has 0 saturated carbocycles. The number of para-hydroxylation sites is 1. The summed E-state index contributed by atoms with van der Waals surface area (Å²) in [6.07, 6.45) is 1.66. The molecule has 1 N–H and O–H groups in total. The minimum Gasteiger partial charge on any atom is -0.496 e. The van der Waals surface area contributed by atoms with Crippen molar-refractivity contribution in [1.82, 2.24) is 4.90 Å². The normalized spacial score (nSPS) is 22.5. The van der Waals surface area contributed by atoms with E-state index in [1.807, 2.05) is 30.3 Å². The van der Waals surface area contributed by atoms with Crippen LogP contribution in [0.2, 0.25) is 0 Å². The zero-order chi connectivity index (χ0) is 17.4. The van der Waals surface area contributed by atoms with E-state index in [1.165, 1.54) is 0 Å². The van der Waals surface area contributed by atoms with Crippen molar-refractivity contribution in [3.8, 4) is 5.75 Å². The van der Waals surface area contributed by atoms with Crippen LogP contribution in [0.25, 0.3) is 0 Å². The predicted octanol–water partition coefficient (Wildman–Crippen LogP) is 3.02. The number of rotatable bonds is 4. The summed E-state index contributed by atoms with van der Waals surface area (Å²) in [5.41, 5.74) is 1.60. The van der Waals surface area contributed by atoms with Gasteiger partial charge in [0.2, 0.25) is 5.78 Å². The molecule has 4 heteroatoms. The summed E-state index contributed by atoms with van der Waals surface area (Å²) in [7, 11) is 1.56. The van der Waals surface area contributed by atoms with Crippen LogP contribution >= 0.6 is 0 Å². The van der Waals surface area contributed by atoms with Gasteiger partial charge in [-0.05, 0) is 24.5 Å². The highest BCUT2D eigenvalue weighted by molar-refractivity contribution is 6.13. The zero-order valence-corrected chi connectivity index (χ0v) is 14.2. The second-order valence-corrected chi connectivity index (χ2v) is 6.58. The molecule has 0 saturated heterocycles. The molecule has 0 spiro atoms. The Balaban J connectivity index is 1.75. The van der Waals surface area contributed by atoms with Gasteiger partial charge in [0.25, 0.3) is 0 Å². The van der Waals surface area contributed by atoms with Crippen LogP contribution in [0.1, 0.15) is 24.0 Å². The molecule has 2 aromatic rings. The second kappa shape index (κ2) is 6.05. The number of nitrogens with zero attached hydrogens (tertiary/aromatic N) is 1. The maximum Gasteiger partial charge on any atom is 0.203 e. The van der Waals surface area contributed by atoms with E-state index in [2.05, 4.69) is 17.0 Å². The third kappa shape index (κ3) is 2.36. The van der Waals surface area contributed by atoms with E-state index >= 15 is 0 Å². The number of carbonyl (C=O) groups excluding carboxylic acids is 1. The predicted molar refractivity (Wildman–Crippen MR) is 95.0 cm³/mol. The standard InChI is InChI=1S/C21H21NO3/c1-25-18-12-6-5-11-17(18)21(24)19-16(20(21)23)10-7-13-22(19)14-15-8-3-2-4-9-15/h2-6,8-9,11-12,24H,7,10,13-14H2,1H3. The van der Waals surface area contributed by atoms with Gasteiger partial charge in [-0.25, -0.2) is 0 Å². The Hall–Kier alpha value is -2.59. The van der Waals surface area contributed by atoms with Crippen molar-refractivity contribution in [2.75, 3.05) is 13.7 Å². The monoisotopic (exact) mass is 335 g/mol. The maximum atomic E-state index is 12.8. The Labute approximate surface area is 147 Å². The molecule has 25 heavy (non-hydrogen) atoms. The molecule has 0 fully saturated rings. The molecule has 128 valence electrons. The summed E-state index contributed by atoms with van der Waals surface area (Å²) < 4.78 is 5.40. The van der Waals surface area contributed by atoms with Gasteiger partial charge in [-0.3, -0.25) is 4.79 Å². The minimum atomic E-state index is -1.60. The molecule has 0 bridgehead atoms. The number of methoxy groups -OCH3 is 1. The Morgan fingerprint density at radius 2 is 1.84 bits per heavy atom. The number of likely N-dealkylation sites (tertiary alicyclic amines) is 1. The van der Waals surface area contributed by atoms with Crippen LogP contribution < -0.4 is 4.74 Å². The highest BCUT2D eigenvalue weighted by Crippen LogP contribution is 2.51. The summed E-state index contributed by atoms with van der Waals surface area (Å²) in [6.45, 7) is 1.52. The largest absolute Gasteiger partial charge is 0.496 e. The van der Waals surface area contributed by atoms with Crippen molar-refractivity contribution in [2.24, 2.45) is 0 Å². The lowest BCUT2D eigenvalue weighted by Gasteiger charge is -2.49. The average Bonchev–Trinajstić information content (AvgIpc) is 2.67. The van der Waals surface area contributed by atoms with E-state index in [0.29, 0.717) is 17.9 Å². The Morgan fingerprint density at radius 1 is 1.12 bits per heavy atom. The Bertz CT molecular complexity index is 843. The molecule has 4 nitrogen and oxygen atoms in total. The van der Waals surface area contributed by atoms with Crippen LogP contribution in [0.3, 0.4) is 0 Å². The average molecular weight is 335 g/mol. The van der Waals surface area contributed by atoms with Gasteiger partial charge < -0.3 is 14.7 Å². The maximum absolute atomic E-state index is 12.8. The van der Waals surface area contributed by atoms with E-state index in [-0.39, 0.29) is 5.78 Å². The van der Waals surface area contributed by atoms with E-state index < -0.39 is 5.60 Å². The fourth-order valence-corrected chi connectivity index (χ4v) is 3.95. The van der Waals surface area contributed by atoms with Gasteiger partial charge in [0, 0.05) is 24.2 Å². The topological polar surface area (TPSA) is 49.8 Å². The van der Waals surface area contributed by atoms with E-state index in [1.54, 1.807) is 19.2 Å². The van der Waals surface area contributed by atoms with Crippen molar-refractivity contribution in [1.29, 1.82) is 0 Å². The number of hydrogen-bond donors (Lipinski definition) is 1. The molecular weight excluding hydrogens is 314 g/mol. The summed E-state index contributed by atoms with van der Waals surface area (Å²) in [5.74, 6) is 0.347. The van der Waals surface area contributed by atoms with Crippen molar-refractivity contribution in [2.45, 2.75) is 25.0 Å². The highest BCUT2D eigenvalue weighted by Gasteiger charge is 2.57. The first-order valence-electron chi connectivity index (χ1n) is 8.59. The van der Waals surface area contributed by atoms with Crippen LogP contribution in [0, 0.1) is 0 Å². The van der Waals surface area contributed by atoms with Crippen molar-refractivity contribution < 1.29 is 14.6 Å².